The summed E-state index contributed by atoms with van der Waals surface area (Å²) in [6.45, 7) is 9.12. The fraction of sp³-hybridized carbons (Fsp3) is 0.650. The van der Waals surface area contributed by atoms with Gasteiger partial charge in [0.2, 0.25) is 0 Å². The Morgan fingerprint density at radius 2 is 1.86 bits per heavy atom. The lowest BCUT2D eigenvalue weighted by Crippen LogP contribution is -2.52. The molecule has 1 heterocycles. The fourth-order valence-electron chi connectivity index (χ4n) is 3.16. The number of halogens is 3. The maximum Gasteiger partial charge on any atom is 0.193 e. The molecule has 1 aromatic carbocycles. The van der Waals surface area contributed by atoms with Crippen molar-refractivity contribution in [2.75, 3.05) is 58.3 Å². The van der Waals surface area contributed by atoms with Crippen molar-refractivity contribution in [1.29, 1.82) is 0 Å². The standard InChI is InChI=1S/C20H33F2N5.HI/c1-16(2)25(4)10-6-5-9-24-20(23-3)27-13-11-26(12-14-27)19-15-17(21)7-8-18(19)22;/h7-8,15-16H,5-6,9-14H2,1-4H3,(H,23,24);1H. The van der Waals surface area contributed by atoms with Gasteiger partial charge in [0.1, 0.15) is 11.6 Å². The first kappa shape index (κ1) is 24.9. The minimum atomic E-state index is -0.408. The molecule has 0 unspecified atom stereocenters. The summed E-state index contributed by atoms with van der Waals surface area (Å²) in [4.78, 5) is 10.8. The summed E-state index contributed by atoms with van der Waals surface area (Å²) in [6, 6.07) is 4.19. The molecule has 8 heteroatoms. The molecule has 0 atom stereocenters. The summed E-state index contributed by atoms with van der Waals surface area (Å²) in [5, 5.41) is 3.42. The molecule has 1 aliphatic heterocycles. The van der Waals surface area contributed by atoms with Crippen LogP contribution < -0.4 is 10.2 Å². The highest BCUT2D eigenvalue weighted by Gasteiger charge is 2.21. The Kier molecular flexibility index (Phi) is 11.0. The van der Waals surface area contributed by atoms with E-state index in [0.29, 0.717) is 24.8 Å². The number of piperazine rings is 1. The van der Waals surface area contributed by atoms with Gasteiger partial charge in [-0.1, -0.05) is 0 Å². The van der Waals surface area contributed by atoms with Crippen molar-refractivity contribution in [3.05, 3.63) is 29.8 Å². The number of anilines is 1. The van der Waals surface area contributed by atoms with Crippen molar-refractivity contribution in [3.8, 4) is 0 Å². The van der Waals surface area contributed by atoms with E-state index in [1.807, 2.05) is 4.90 Å². The molecule has 1 N–H and O–H groups in total. The Hall–Kier alpha value is -1.16. The van der Waals surface area contributed by atoms with Crippen LogP contribution in [0, 0.1) is 11.6 Å². The summed E-state index contributed by atoms with van der Waals surface area (Å²) in [5.74, 6) is 0.0970. The van der Waals surface area contributed by atoms with Crippen molar-refractivity contribution < 1.29 is 8.78 Å². The summed E-state index contributed by atoms with van der Waals surface area (Å²) in [7, 11) is 3.94. The van der Waals surface area contributed by atoms with Crippen LogP contribution >= 0.6 is 24.0 Å². The van der Waals surface area contributed by atoms with Crippen molar-refractivity contribution in [1.82, 2.24) is 15.1 Å². The van der Waals surface area contributed by atoms with Gasteiger partial charge in [-0.15, -0.1) is 24.0 Å². The molecule has 1 aromatic rings. The zero-order valence-electron chi connectivity index (χ0n) is 17.4. The first-order chi connectivity index (χ1) is 12.9. The average Bonchev–Trinajstić information content (AvgIpc) is 2.66. The third-order valence-electron chi connectivity index (χ3n) is 5.14. The van der Waals surface area contributed by atoms with Crippen molar-refractivity contribution in [2.24, 2.45) is 4.99 Å². The van der Waals surface area contributed by atoms with Gasteiger partial charge in [0.25, 0.3) is 0 Å². The summed E-state index contributed by atoms with van der Waals surface area (Å²) >= 11 is 0. The molecule has 0 aliphatic carbocycles. The number of unbranched alkanes of at least 4 members (excludes halogenated alkanes) is 1. The van der Waals surface area contributed by atoms with Crippen LogP contribution in [0.1, 0.15) is 26.7 Å². The van der Waals surface area contributed by atoms with E-state index in [-0.39, 0.29) is 29.8 Å². The average molecular weight is 509 g/mol. The van der Waals surface area contributed by atoms with Gasteiger partial charge < -0.3 is 20.0 Å². The second-order valence-corrected chi connectivity index (χ2v) is 7.33. The first-order valence-corrected chi connectivity index (χ1v) is 9.78. The van der Waals surface area contributed by atoms with Gasteiger partial charge in [-0.05, 0) is 52.4 Å². The van der Waals surface area contributed by atoms with Crippen molar-refractivity contribution in [2.45, 2.75) is 32.7 Å². The second-order valence-electron chi connectivity index (χ2n) is 7.33. The van der Waals surface area contributed by atoms with E-state index in [2.05, 4.69) is 41.0 Å². The van der Waals surface area contributed by atoms with E-state index >= 15 is 0 Å². The normalized spacial score (nSPS) is 15.2. The minimum Gasteiger partial charge on any atom is -0.366 e. The SMILES string of the molecule is CN=C(NCCCCN(C)C(C)C)N1CCN(c2cc(F)ccc2F)CC1.I. The number of aliphatic imine (C=N–C) groups is 1. The van der Waals surface area contributed by atoms with Gasteiger partial charge in [0.15, 0.2) is 5.96 Å². The lowest BCUT2D eigenvalue weighted by molar-refractivity contribution is 0.268. The number of nitrogens with one attached hydrogen (secondary N) is 1. The number of hydrogen-bond acceptors (Lipinski definition) is 3. The van der Waals surface area contributed by atoms with Crippen LogP contribution in [-0.4, -0.2) is 75.2 Å². The Balaban J connectivity index is 0.00000392. The molecule has 5 nitrogen and oxygen atoms in total. The van der Waals surface area contributed by atoms with Crippen LogP contribution in [0.25, 0.3) is 0 Å². The summed E-state index contributed by atoms with van der Waals surface area (Å²) < 4.78 is 27.4. The zero-order chi connectivity index (χ0) is 19.8. The highest BCUT2D eigenvalue weighted by Crippen LogP contribution is 2.21. The maximum absolute atomic E-state index is 14.0. The van der Waals surface area contributed by atoms with Crippen molar-refractivity contribution >= 4 is 35.6 Å². The Bertz CT molecular complexity index is 619. The molecule has 1 fully saturated rings. The molecule has 0 aromatic heterocycles. The quantitative estimate of drug-likeness (QED) is 0.265. The van der Waals surface area contributed by atoms with E-state index in [9.17, 15) is 8.78 Å². The summed E-state index contributed by atoms with van der Waals surface area (Å²) in [5.41, 5.74) is 0.340. The third-order valence-corrected chi connectivity index (χ3v) is 5.14. The number of benzene rings is 1. The van der Waals surface area contributed by atoms with E-state index in [0.717, 1.165) is 51.0 Å². The first-order valence-electron chi connectivity index (χ1n) is 9.78. The number of guanidine groups is 1. The molecule has 1 aliphatic rings. The molecule has 0 saturated carbocycles. The lowest BCUT2D eigenvalue weighted by atomic mass is 10.2. The topological polar surface area (TPSA) is 34.1 Å². The van der Waals surface area contributed by atoms with Crippen LogP contribution in [0.5, 0.6) is 0 Å². The molecule has 0 radical (unpaired) electrons. The minimum absolute atomic E-state index is 0. The Morgan fingerprint density at radius 1 is 1.18 bits per heavy atom. The predicted molar refractivity (Wildman–Crippen MR) is 124 cm³/mol. The molecule has 1 saturated heterocycles. The lowest BCUT2D eigenvalue weighted by Gasteiger charge is -2.37. The smallest absolute Gasteiger partial charge is 0.193 e. The van der Waals surface area contributed by atoms with Gasteiger partial charge in [-0.2, -0.15) is 0 Å². The molecular weight excluding hydrogens is 475 g/mol. The summed E-state index contributed by atoms with van der Waals surface area (Å²) in [6.07, 6.45) is 2.23. The largest absolute Gasteiger partial charge is 0.366 e. The molecule has 0 spiro atoms. The third kappa shape index (κ3) is 7.35. The van der Waals surface area contributed by atoms with E-state index in [4.69, 9.17) is 0 Å². The Morgan fingerprint density at radius 3 is 2.46 bits per heavy atom. The van der Waals surface area contributed by atoms with Crippen molar-refractivity contribution in [3.63, 3.8) is 0 Å². The highest BCUT2D eigenvalue weighted by molar-refractivity contribution is 14.0. The van der Waals surface area contributed by atoms with Crippen LogP contribution in [0.2, 0.25) is 0 Å². The molecular formula is C20H34F2IN5. The number of rotatable bonds is 7. The monoisotopic (exact) mass is 509 g/mol. The number of nitrogens with zero attached hydrogens (tertiary/aromatic N) is 4. The van der Waals surface area contributed by atoms with Gasteiger partial charge in [-0.25, -0.2) is 8.78 Å². The molecule has 0 bridgehead atoms. The van der Waals surface area contributed by atoms with Crippen LogP contribution in [0.3, 0.4) is 0 Å². The fourth-order valence-corrected chi connectivity index (χ4v) is 3.16. The van der Waals surface area contributed by atoms with Gasteiger partial charge >= 0.3 is 0 Å². The molecule has 160 valence electrons. The van der Waals surface area contributed by atoms with Crippen LogP contribution in [0.4, 0.5) is 14.5 Å². The highest BCUT2D eigenvalue weighted by atomic mass is 127. The van der Waals surface area contributed by atoms with Gasteiger partial charge in [0.05, 0.1) is 5.69 Å². The van der Waals surface area contributed by atoms with Crippen LogP contribution in [0.15, 0.2) is 23.2 Å². The maximum atomic E-state index is 14.0. The predicted octanol–water partition coefficient (Wildman–Crippen LogP) is 3.40. The van der Waals surface area contributed by atoms with Crippen LogP contribution in [-0.2, 0) is 0 Å². The van der Waals surface area contributed by atoms with E-state index < -0.39 is 5.82 Å². The van der Waals surface area contributed by atoms with Gasteiger partial charge in [-0.3, -0.25) is 4.99 Å². The molecule has 2 rings (SSSR count). The van der Waals surface area contributed by atoms with E-state index in [1.54, 1.807) is 7.05 Å². The molecule has 28 heavy (non-hydrogen) atoms. The number of hydrogen-bond donors (Lipinski definition) is 1. The van der Waals surface area contributed by atoms with E-state index in [1.165, 1.54) is 12.1 Å². The zero-order valence-corrected chi connectivity index (χ0v) is 19.7. The second kappa shape index (κ2) is 12.4. The Labute approximate surface area is 185 Å². The molecule has 0 amide bonds. The van der Waals surface area contributed by atoms with Gasteiger partial charge in [0, 0.05) is 51.9 Å².